The molecule has 0 aromatic carbocycles. The van der Waals surface area contributed by atoms with E-state index in [0.717, 1.165) is 12.8 Å². The molecular formula is C12H27NO2S. The van der Waals surface area contributed by atoms with Crippen LogP contribution in [0.5, 0.6) is 0 Å². The van der Waals surface area contributed by atoms with Crippen LogP contribution in [0.1, 0.15) is 47.5 Å². The summed E-state index contributed by atoms with van der Waals surface area (Å²) in [4.78, 5) is 0. The highest BCUT2D eigenvalue weighted by atomic mass is 32.2. The predicted octanol–water partition coefficient (Wildman–Crippen LogP) is 2.22. The summed E-state index contributed by atoms with van der Waals surface area (Å²) in [6, 6.07) is 0. The molecule has 0 spiro atoms. The summed E-state index contributed by atoms with van der Waals surface area (Å²) in [6.07, 6.45) is 3.33. The molecule has 0 rings (SSSR count). The highest BCUT2D eigenvalue weighted by Crippen LogP contribution is 2.17. The van der Waals surface area contributed by atoms with Gasteiger partial charge in [-0.25, -0.2) is 8.42 Å². The van der Waals surface area contributed by atoms with Crippen molar-refractivity contribution in [1.29, 1.82) is 0 Å². The third-order valence-corrected chi connectivity index (χ3v) is 4.49. The molecule has 0 saturated heterocycles. The summed E-state index contributed by atoms with van der Waals surface area (Å²) in [5, 5.41) is 3.02. The van der Waals surface area contributed by atoms with Gasteiger partial charge in [0.2, 0.25) is 0 Å². The van der Waals surface area contributed by atoms with E-state index in [1.807, 2.05) is 6.92 Å². The van der Waals surface area contributed by atoms with Crippen LogP contribution < -0.4 is 5.32 Å². The van der Waals surface area contributed by atoms with Crippen LogP contribution in [-0.2, 0) is 9.84 Å². The first-order valence-electron chi connectivity index (χ1n) is 6.02. The molecule has 3 nitrogen and oxygen atoms in total. The number of nitrogens with one attached hydrogen (secondary N) is 1. The largest absolute Gasteiger partial charge is 0.311 e. The number of rotatable bonds is 6. The topological polar surface area (TPSA) is 46.2 Å². The van der Waals surface area contributed by atoms with Crippen LogP contribution in [0.25, 0.3) is 0 Å². The van der Waals surface area contributed by atoms with Gasteiger partial charge in [-0.2, -0.15) is 0 Å². The Morgan fingerprint density at radius 1 is 1.25 bits per heavy atom. The number of sulfone groups is 1. The lowest BCUT2D eigenvalue weighted by atomic mass is 10.0. The molecule has 1 N–H and O–H groups in total. The summed E-state index contributed by atoms with van der Waals surface area (Å²) >= 11 is 0. The lowest BCUT2D eigenvalue weighted by Gasteiger charge is -2.27. The van der Waals surface area contributed by atoms with E-state index >= 15 is 0 Å². The normalized spacial score (nSPS) is 17.1. The van der Waals surface area contributed by atoms with Crippen LogP contribution >= 0.6 is 0 Å². The Morgan fingerprint density at radius 3 is 2.06 bits per heavy atom. The Balaban J connectivity index is 4.58. The van der Waals surface area contributed by atoms with Crippen molar-refractivity contribution in [3.8, 4) is 0 Å². The first-order chi connectivity index (χ1) is 7.08. The molecular weight excluding hydrogens is 222 g/mol. The van der Waals surface area contributed by atoms with Crippen molar-refractivity contribution in [2.75, 3.05) is 12.8 Å². The van der Waals surface area contributed by atoms with Crippen molar-refractivity contribution in [1.82, 2.24) is 5.32 Å². The standard InChI is InChI=1S/C12H27NO2S/c1-7-8-10(2)11(16(6,14)15)9-13-12(3,4)5/h10-11,13H,7-9H2,1-6H3. The minimum absolute atomic E-state index is 0.0329. The van der Waals surface area contributed by atoms with E-state index in [1.165, 1.54) is 6.26 Å². The van der Waals surface area contributed by atoms with E-state index in [0.29, 0.717) is 6.54 Å². The van der Waals surface area contributed by atoms with Gasteiger partial charge in [-0.1, -0.05) is 20.3 Å². The highest BCUT2D eigenvalue weighted by Gasteiger charge is 2.27. The molecule has 0 aliphatic rings. The number of hydrogen-bond donors (Lipinski definition) is 1. The molecule has 0 amide bonds. The Hall–Kier alpha value is -0.0900. The molecule has 0 heterocycles. The van der Waals surface area contributed by atoms with E-state index in [-0.39, 0.29) is 16.7 Å². The Morgan fingerprint density at radius 2 is 1.75 bits per heavy atom. The second-order valence-corrected chi connectivity index (χ2v) is 8.03. The van der Waals surface area contributed by atoms with Crippen LogP contribution in [0.2, 0.25) is 0 Å². The van der Waals surface area contributed by atoms with E-state index in [9.17, 15) is 8.42 Å². The van der Waals surface area contributed by atoms with Gasteiger partial charge in [0.15, 0.2) is 9.84 Å². The molecule has 0 fully saturated rings. The van der Waals surface area contributed by atoms with Gasteiger partial charge in [0.25, 0.3) is 0 Å². The molecule has 16 heavy (non-hydrogen) atoms. The summed E-state index contributed by atoms with van der Waals surface area (Å²) in [7, 11) is -2.97. The molecule has 0 aliphatic heterocycles. The maximum atomic E-state index is 11.7. The van der Waals surface area contributed by atoms with Crippen molar-refractivity contribution >= 4 is 9.84 Å². The van der Waals surface area contributed by atoms with Gasteiger partial charge in [-0.05, 0) is 33.1 Å². The van der Waals surface area contributed by atoms with Crippen LogP contribution in [-0.4, -0.2) is 32.0 Å². The minimum Gasteiger partial charge on any atom is -0.311 e. The van der Waals surface area contributed by atoms with E-state index in [4.69, 9.17) is 0 Å². The van der Waals surface area contributed by atoms with Crippen molar-refractivity contribution in [2.45, 2.75) is 58.2 Å². The predicted molar refractivity (Wildman–Crippen MR) is 70.5 cm³/mol. The monoisotopic (exact) mass is 249 g/mol. The fourth-order valence-corrected chi connectivity index (χ4v) is 3.19. The third-order valence-electron chi connectivity index (χ3n) is 2.76. The van der Waals surface area contributed by atoms with Gasteiger partial charge in [0.05, 0.1) is 5.25 Å². The molecule has 4 heteroatoms. The molecule has 0 saturated carbocycles. The van der Waals surface area contributed by atoms with Crippen LogP contribution in [0, 0.1) is 5.92 Å². The lowest BCUT2D eigenvalue weighted by molar-refractivity contribution is 0.384. The van der Waals surface area contributed by atoms with Crippen molar-refractivity contribution in [3.05, 3.63) is 0 Å². The smallest absolute Gasteiger partial charge is 0.151 e. The zero-order valence-corrected chi connectivity index (χ0v) is 12.3. The van der Waals surface area contributed by atoms with Gasteiger partial charge in [-0.15, -0.1) is 0 Å². The van der Waals surface area contributed by atoms with Gasteiger partial charge < -0.3 is 5.32 Å². The summed E-state index contributed by atoms with van der Waals surface area (Å²) in [6.45, 7) is 10.8. The fourth-order valence-electron chi connectivity index (χ4n) is 1.82. The van der Waals surface area contributed by atoms with Crippen LogP contribution in [0.15, 0.2) is 0 Å². The van der Waals surface area contributed by atoms with Gasteiger partial charge in [0, 0.05) is 18.3 Å². The lowest BCUT2D eigenvalue weighted by Crippen LogP contribution is -2.45. The van der Waals surface area contributed by atoms with Crippen molar-refractivity contribution < 1.29 is 8.42 Å². The van der Waals surface area contributed by atoms with E-state index in [1.54, 1.807) is 0 Å². The molecule has 2 unspecified atom stereocenters. The zero-order chi connectivity index (χ0) is 13.0. The van der Waals surface area contributed by atoms with E-state index in [2.05, 4.69) is 33.0 Å². The maximum Gasteiger partial charge on any atom is 0.151 e. The average molecular weight is 249 g/mol. The van der Waals surface area contributed by atoms with Gasteiger partial charge >= 0.3 is 0 Å². The minimum atomic E-state index is -2.97. The SMILES string of the molecule is CCCC(C)C(CNC(C)(C)C)S(C)(=O)=O. The quantitative estimate of drug-likeness (QED) is 0.785. The summed E-state index contributed by atoms with van der Waals surface area (Å²) < 4.78 is 23.4. The highest BCUT2D eigenvalue weighted by molar-refractivity contribution is 7.91. The summed E-state index contributed by atoms with van der Waals surface area (Å²) in [5.74, 6) is 0.217. The summed E-state index contributed by atoms with van der Waals surface area (Å²) in [5.41, 5.74) is -0.0329. The van der Waals surface area contributed by atoms with Crippen molar-refractivity contribution in [3.63, 3.8) is 0 Å². The van der Waals surface area contributed by atoms with Crippen LogP contribution in [0.3, 0.4) is 0 Å². The Bertz CT molecular complexity index is 291. The van der Waals surface area contributed by atoms with E-state index < -0.39 is 9.84 Å². The molecule has 0 aromatic rings. The third kappa shape index (κ3) is 6.48. The molecule has 2 atom stereocenters. The fraction of sp³-hybridized carbons (Fsp3) is 1.00. The average Bonchev–Trinajstić information content (AvgIpc) is 1.99. The molecule has 0 aliphatic carbocycles. The second kappa shape index (κ2) is 6.01. The first kappa shape index (κ1) is 15.9. The molecule has 0 radical (unpaired) electrons. The van der Waals surface area contributed by atoms with Crippen molar-refractivity contribution in [2.24, 2.45) is 5.92 Å². The maximum absolute atomic E-state index is 11.7. The van der Waals surface area contributed by atoms with Gasteiger partial charge in [-0.3, -0.25) is 0 Å². The first-order valence-corrected chi connectivity index (χ1v) is 7.97. The van der Waals surface area contributed by atoms with Crippen LogP contribution in [0.4, 0.5) is 0 Å². The second-order valence-electron chi connectivity index (χ2n) is 5.76. The Labute approximate surface area is 101 Å². The number of hydrogen-bond acceptors (Lipinski definition) is 3. The Kier molecular flexibility index (Phi) is 5.98. The zero-order valence-electron chi connectivity index (χ0n) is 11.5. The molecule has 0 aromatic heterocycles. The molecule has 0 bridgehead atoms. The molecule has 98 valence electrons. The van der Waals surface area contributed by atoms with Gasteiger partial charge in [0.1, 0.15) is 0 Å².